The maximum atomic E-state index is 13.1. The first-order valence-electron chi connectivity index (χ1n) is 11.3. The number of nitriles is 1. The van der Waals surface area contributed by atoms with Gasteiger partial charge in [-0.1, -0.05) is 30.3 Å². The van der Waals surface area contributed by atoms with Gasteiger partial charge >= 0.3 is 0 Å². The molecule has 0 aliphatic carbocycles. The standard InChI is InChI=1S/C28H16N6O3/c29-15-19-16-30-34(24-14-11-17-5-1-4-8-23(17)31-24)25(19)32-26(35)18-9-12-20(13-10-18)33-27(36)21-6-2-3-7-22(21)28(33)37/h1-14,16H,(H,32,35). The number of nitrogens with zero attached hydrogens (tertiary/aromatic N) is 5. The molecule has 2 aromatic heterocycles. The van der Waals surface area contributed by atoms with Crippen LogP contribution in [0.2, 0.25) is 0 Å². The molecule has 5 aromatic rings. The molecule has 0 fully saturated rings. The molecule has 9 nitrogen and oxygen atoms in total. The number of aromatic nitrogens is 3. The zero-order valence-corrected chi connectivity index (χ0v) is 19.1. The number of carbonyl (C=O) groups is 3. The number of nitrogens with one attached hydrogen (secondary N) is 1. The van der Waals surface area contributed by atoms with Crippen molar-refractivity contribution in [3.05, 3.63) is 113 Å². The van der Waals surface area contributed by atoms with E-state index in [0.717, 1.165) is 15.8 Å². The average Bonchev–Trinajstić information content (AvgIpc) is 3.46. The van der Waals surface area contributed by atoms with Gasteiger partial charge in [0.25, 0.3) is 17.7 Å². The number of fused-ring (bicyclic) bond motifs is 2. The van der Waals surface area contributed by atoms with Gasteiger partial charge in [-0.05, 0) is 54.6 Å². The third-order valence-corrected chi connectivity index (χ3v) is 6.10. The second-order valence-electron chi connectivity index (χ2n) is 8.28. The summed E-state index contributed by atoms with van der Waals surface area (Å²) >= 11 is 0. The number of carbonyl (C=O) groups excluding carboxylic acids is 3. The molecule has 3 heterocycles. The topological polar surface area (TPSA) is 121 Å². The minimum absolute atomic E-state index is 0.172. The van der Waals surface area contributed by atoms with Crippen LogP contribution >= 0.6 is 0 Å². The number of hydrogen-bond acceptors (Lipinski definition) is 6. The molecule has 0 radical (unpaired) electrons. The van der Waals surface area contributed by atoms with Gasteiger partial charge in [-0.2, -0.15) is 15.0 Å². The number of rotatable bonds is 4. The van der Waals surface area contributed by atoms with E-state index in [1.54, 1.807) is 30.3 Å². The van der Waals surface area contributed by atoms with Gasteiger partial charge in [0, 0.05) is 10.9 Å². The predicted molar refractivity (Wildman–Crippen MR) is 136 cm³/mol. The quantitative estimate of drug-likeness (QED) is 0.379. The van der Waals surface area contributed by atoms with E-state index >= 15 is 0 Å². The van der Waals surface area contributed by atoms with Gasteiger partial charge in [0.2, 0.25) is 0 Å². The Labute approximate surface area is 210 Å². The van der Waals surface area contributed by atoms with E-state index in [2.05, 4.69) is 15.4 Å². The van der Waals surface area contributed by atoms with Crippen LogP contribution in [-0.4, -0.2) is 32.5 Å². The zero-order valence-electron chi connectivity index (χ0n) is 19.1. The Bertz CT molecular complexity index is 1750. The molecule has 176 valence electrons. The molecular formula is C28H16N6O3. The fraction of sp³-hybridized carbons (Fsp3) is 0. The van der Waals surface area contributed by atoms with E-state index in [1.165, 1.54) is 35.1 Å². The van der Waals surface area contributed by atoms with Crippen LogP contribution in [0, 0.1) is 11.3 Å². The van der Waals surface area contributed by atoms with Gasteiger partial charge in [0.1, 0.15) is 11.6 Å². The molecular weight excluding hydrogens is 468 g/mol. The highest BCUT2D eigenvalue weighted by atomic mass is 16.2. The van der Waals surface area contributed by atoms with Crippen molar-refractivity contribution in [3.63, 3.8) is 0 Å². The van der Waals surface area contributed by atoms with Crippen LogP contribution in [0.25, 0.3) is 16.7 Å². The molecule has 1 N–H and O–H groups in total. The van der Waals surface area contributed by atoms with Crippen molar-refractivity contribution in [2.75, 3.05) is 10.2 Å². The molecule has 9 heteroatoms. The molecule has 0 bridgehead atoms. The van der Waals surface area contributed by atoms with Crippen molar-refractivity contribution >= 4 is 40.1 Å². The maximum Gasteiger partial charge on any atom is 0.266 e. The lowest BCUT2D eigenvalue weighted by molar-refractivity contribution is 0.0925. The van der Waals surface area contributed by atoms with Gasteiger partial charge in [-0.25, -0.2) is 9.88 Å². The highest BCUT2D eigenvalue weighted by Gasteiger charge is 2.36. The van der Waals surface area contributed by atoms with Crippen LogP contribution in [0.15, 0.2) is 91.1 Å². The highest BCUT2D eigenvalue weighted by Crippen LogP contribution is 2.29. The lowest BCUT2D eigenvalue weighted by atomic mass is 10.1. The maximum absolute atomic E-state index is 13.1. The normalized spacial score (nSPS) is 12.5. The Balaban J connectivity index is 1.28. The average molecular weight is 484 g/mol. The Kier molecular flexibility index (Phi) is 5.06. The van der Waals surface area contributed by atoms with Crippen LogP contribution < -0.4 is 10.2 Å². The summed E-state index contributed by atoms with van der Waals surface area (Å²) in [6, 6.07) is 26.0. The van der Waals surface area contributed by atoms with E-state index in [1.807, 2.05) is 36.4 Å². The zero-order chi connectivity index (χ0) is 25.5. The molecule has 1 aliphatic heterocycles. The van der Waals surface area contributed by atoms with Gasteiger partial charge in [-0.3, -0.25) is 14.4 Å². The summed E-state index contributed by atoms with van der Waals surface area (Å²) in [6.07, 6.45) is 1.36. The van der Waals surface area contributed by atoms with Crippen LogP contribution in [-0.2, 0) is 0 Å². The fourth-order valence-corrected chi connectivity index (χ4v) is 4.26. The first-order chi connectivity index (χ1) is 18.0. The summed E-state index contributed by atoms with van der Waals surface area (Å²) in [4.78, 5) is 44.2. The Morgan fingerprint density at radius 3 is 2.22 bits per heavy atom. The Morgan fingerprint density at radius 2 is 1.51 bits per heavy atom. The molecule has 0 saturated carbocycles. The monoisotopic (exact) mass is 484 g/mol. The lowest BCUT2D eigenvalue weighted by Gasteiger charge is -2.14. The predicted octanol–water partition coefficient (Wildman–Crippen LogP) is 4.35. The van der Waals surface area contributed by atoms with E-state index in [9.17, 15) is 19.6 Å². The smallest absolute Gasteiger partial charge is 0.266 e. The molecule has 3 amide bonds. The van der Waals surface area contributed by atoms with Crippen molar-refractivity contribution in [2.24, 2.45) is 0 Å². The molecule has 1 aliphatic rings. The Morgan fingerprint density at radius 1 is 0.838 bits per heavy atom. The van der Waals surface area contributed by atoms with Gasteiger partial charge < -0.3 is 5.32 Å². The number of para-hydroxylation sites is 1. The third kappa shape index (κ3) is 3.61. The van der Waals surface area contributed by atoms with Crippen molar-refractivity contribution in [1.82, 2.24) is 14.8 Å². The molecule has 6 rings (SSSR count). The summed E-state index contributed by atoms with van der Waals surface area (Å²) in [5.41, 5.74) is 2.22. The number of anilines is 2. The van der Waals surface area contributed by atoms with Crippen molar-refractivity contribution in [1.29, 1.82) is 5.26 Å². The first-order valence-corrected chi connectivity index (χ1v) is 11.3. The molecule has 0 spiro atoms. The second-order valence-corrected chi connectivity index (χ2v) is 8.28. The number of benzene rings is 3. The molecule has 3 aromatic carbocycles. The van der Waals surface area contributed by atoms with E-state index in [0.29, 0.717) is 22.6 Å². The van der Waals surface area contributed by atoms with Crippen molar-refractivity contribution in [2.45, 2.75) is 0 Å². The number of imide groups is 1. The summed E-state index contributed by atoms with van der Waals surface area (Å²) < 4.78 is 1.40. The lowest BCUT2D eigenvalue weighted by Crippen LogP contribution is -2.29. The molecule has 0 atom stereocenters. The largest absolute Gasteiger partial charge is 0.305 e. The minimum atomic E-state index is -0.493. The fourth-order valence-electron chi connectivity index (χ4n) is 4.26. The van der Waals surface area contributed by atoms with Gasteiger partial charge in [0.05, 0.1) is 28.5 Å². The molecule has 0 unspecified atom stereocenters. The van der Waals surface area contributed by atoms with Crippen LogP contribution in [0.5, 0.6) is 0 Å². The summed E-state index contributed by atoms with van der Waals surface area (Å²) in [5, 5.41) is 17.5. The minimum Gasteiger partial charge on any atom is -0.305 e. The third-order valence-electron chi connectivity index (χ3n) is 6.10. The van der Waals surface area contributed by atoms with E-state index in [4.69, 9.17) is 0 Å². The SMILES string of the molecule is N#Cc1cnn(-c2ccc3ccccc3n2)c1NC(=O)c1ccc(N2C(=O)c3ccccc3C2=O)cc1. The summed E-state index contributed by atoms with van der Waals surface area (Å²) in [6.45, 7) is 0. The van der Waals surface area contributed by atoms with E-state index in [-0.39, 0.29) is 16.9 Å². The highest BCUT2D eigenvalue weighted by molar-refractivity contribution is 6.34. The molecule has 0 saturated heterocycles. The number of pyridine rings is 1. The van der Waals surface area contributed by atoms with Crippen LogP contribution in [0.4, 0.5) is 11.5 Å². The first kappa shape index (κ1) is 21.9. The van der Waals surface area contributed by atoms with Crippen LogP contribution in [0.3, 0.4) is 0 Å². The summed E-state index contributed by atoms with van der Waals surface area (Å²) in [5.74, 6) is -0.698. The van der Waals surface area contributed by atoms with Gasteiger partial charge in [0.15, 0.2) is 11.6 Å². The van der Waals surface area contributed by atoms with Crippen molar-refractivity contribution < 1.29 is 14.4 Å². The number of hydrogen-bond donors (Lipinski definition) is 1. The molecule has 37 heavy (non-hydrogen) atoms. The second kappa shape index (κ2) is 8.55. The van der Waals surface area contributed by atoms with E-state index < -0.39 is 17.7 Å². The summed E-state index contributed by atoms with van der Waals surface area (Å²) in [7, 11) is 0. The Hall–Kier alpha value is -5.62. The number of amides is 3. The van der Waals surface area contributed by atoms with Gasteiger partial charge in [-0.15, -0.1) is 0 Å². The van der Waals surface area contributed by atoms with Crippen molar-refractivity contribution in [3.8, 4) is 11.9 Å². The van der Waals surface area contributed by atoms with Crippen LogP contribution in [0.1, 0.15) is 36.6 Å².